The van der Waals surface area contributed by atoms with E-state index >= 15 is 0 Å². The fourth-order valence-electron chi connectivity index (χ4n) is 4.54. The molecule has 1 aromatic carbocycles. The number of nitro benzene ring substituents is 1. The lowest BCUT2D eigenvalue weighted by molar-refractivity contribution is -0.384. The minimum atomic E-state index is -1.41. The Morgan fingerprint density at radius 3 is 2.58 bits per heavy atom. The third-order valence-corrected chi connectivity index (χ3v) is 6.52. The average Bonchev–Trinajstić information content (AvgIpc) is 3.45. The van der Waals surface area contributed by atoms with Crippen molar-refractivity contribution in [3.63, 3.8) is 0 Å². The number of urea groups is 1. The van der Waals surface area contributed by atoms with E-state index in [0.29, 0.717) is 17.7 Å². The van der Waals surface area contributed by atoms with Gasteiger partial charge in [-0.05, 0) is 57.4 Å². The van der Waals surface area contributed by atoms with Crippen LogP contribution in [0.15, 0.2) is 30.3 Å². The molecule has 10 heteroatoms. The maximum Gasteiger partial charge on any atom is 0.325 e. The van der Waals surface area contributed by atoms with Crippen molar-refractivity contribution in [1.82, 2.24) is 14.8 Å². The number of nitrogens with one attached hydrogen (secondary N) is 1. The molecule has 174 valence electrons. The van der Waals surface area contributed by atoms with Crippen molar-refractivity contribution in [3.05, 3.63) is 63.0 Å². The lowest BCUT2D eigenvalue weighted by Gasteiger charge is -2.22. The van der Waals surface area contributed by atoms with Crippen LogP contribution in [-0.2, 0) is 21.6 Å². The molecule has 2 atom stereocenters. The largest absolute Gasteiger partial charge is 0.376 e. The molecule has 10 nitrogen and oxygen atoms in total. The highest BCUT2D eigenvalue weighted by atomic mass is 16.6. The molecular weight excluding hydrogens is 428 g/mol. The number of benzene rings is 1. The molecule has 4 rings (SSSR count). The molecule has 3 amide bonds. The molecule has 0 radical (unpaired) electrons. The van der Waals surface area contributed by atoms with Crippen molar-refractivity contribution in [2.75, 3.05) is 13.2 Å². The number of aryl methyl sites for hydroxylation is 1. The van der Waals surface area contributed by atoms with Gasteiger partial charge in [0.1, 0.15) is 5.54 Å². The van der Waals surface area contributed by atoms with Gasteiger partial charge in [-0.25, -0.2) is 4.79 Å². The fourth-order valence-corrected chi connectivity index (χ4v) is 4.54. The monoisotopic (exact) mass is 454 g/mol. The van der Waals surface area contributed by atoms with E-state index in [4.69, 9.17) is 4.74 Å². The zero-order valence-corrected chi connectivity index (χ0v) is 18.8. The lowest BCUT2D eigenvalue weighted by Crippen LogP contribution is -2.41. The number of amides is 3. The number of carbonyl (C=O) groups excluding carboxylic acids is 3. The van der Waals surface area contributed by atoms with Crippen molar-refractivity contribution in [3.8, 4) is 0 Å². The molecule has 3 heterocycles. The molecule has 0 bridgehead atoms. The van der Waals surface area contributed by atoms with Gasteiger partial charge >= 0.3 is 6.03 Å². The van der Waals surface area contributed by atoms with Crippen molar-refractivity contribution in [2.24, 2.45) is 0 Å². The summed E-state index contributed by atoms with van der Waals surface area (Å²) < 4.78 is 7.75. The van der Waals surface area contributed by atoms with E-state index in [-0.39, 0.29) is 17.6 Å². The van der Waals surface area contributed by atoms with E-state index in [1.165, 1.54) is 31.2 Å². The maximum absolute atomic E-state index is 13.1. The van der Waals surface area contributed by atoms with Crippen LogP contribution in [0.1, 0.15) is 47.1 Å². The highest BCUT2D eigenvalue weighted by molar-refractivity contribution is 6.11. The molecule has 0 aliphatic carbocycles. The second-order valence-corrected chi connectivity index (χ2v) is 8.70. The number of rotatable bonds is 7. The Kier molecular flexibility index (Phi) is 5.79. The highest BCUT2D eigenvalue weighted by Crippen LogP contribution is 2.30. The number of imide groups is 1. The van der Waals surface area contributed by atoms with Crippen LogP contribution in [0.5, 0.6) is 0 Å². The van der Waals surface area contributed by atoms with Crippen molar-refractivity contribution in [1.29, 1.82) is 0 Å². The molecule has 1 N–H and O–H groups in total. The predicted octanol–water partition coefficient (Wildman–Crippen LogP) is 2.84. The van der Waals surface area contributed by atoms with Gasteiger partial charge in [-0.1, -0.05) is 0 Å². The number of hydrogen-bond acceptors (Lipinski definition) is 6. The van der Waals surface area contributed by atoms with Gasteiger partial charge in [0.05, 0.1) is 17.6 Å². The number of Topliss-reactive ketones (excluding diaryl/α,β-unsaturated/α-hetero) is 1. The van der Waals surface area contributed by atoms with Gasteiger partial charge in [-0.3, -0.25) is 24.6 Å². The van der Waals surface area contributed by atoms with Crippen LogP contribution >= 0.6 is 0 Å². The number of aromatic nitrogens is 1. The summed E-state index contributed by atoms with van der Waals surface area (Å²) in [6, 6.07) is 6.51. The first-order valence-corrected chi connectivity index (χ1v) is 10.8. The van der Waals surface area contributed by atoms with E-state index < -0.39 is 28.9 Å². The maximum atomic E-state index is 13.1. The summed E-state index contributed by atoms with van der Waals surface area (Å²) in [5.41, 5.74) is 1.02. The van der Waals surface area contributed by atoms with E-state index in [1.54, 1.807) is 6.07 Å². The molecule has 2 unspecified atom stereocenters. The van der Waals surface area contributed by atoms with Gasteiger partial charge in [0.15, 0.2) is 5.78 Å². The molecule has 2 aliphatic rings. The zero-order valence-electron chi connectivity index (χ0n) is 18.8. The SMILES string of the molecule is Cc1cc(C(=O)CN2C(=O)NC(C)(c3ccc([N+](=O)[O-])cc3)C2=O)c(C)n1CC1CCCO1. The summed E-state index contributed by atoms with van der Waals surface area (Å²) >= 11 is 0. The number of nitro groups is 1. The summed E-state index contributed by atoms with van der Waals surface area (Å²) in [5.74, 6) is -0.916. The number of non-ortho nitro benzene ring substituents is 1. The normalized spacial score (nSPS) is 22.6. The van der Waals surface area contributed by atoms with Gasteiger partial charge in [0.25, 0.3) is 11.6 Å². The third kappa shape index (κ3) is 4.02. The average molecular weight is 454 g/mol. The third-order valence-electron chi connectivity index (χ3n) is 6.52. The van der Waals surface area contributed by atoms with Gasteiger partial charge in [-0.2, -0.15) is 0 Å². The van der Waals surface area contributed by atoms with Crippen LogP contribution in [0.3, 0.4) is 0 Å². The van der Waals surface area contributed by atoms with E-state index in [1.807, 2.05) is 18.4 Å². The van der Waals surface area contributed by atoms with E-state index in [2.05, 4.69) is 5.32 Å². The quantitative estimate of drug-likeness (QED) is 0.297. The standard InChI is InChI=1S/C23H26N4O6/c1-14-11-19(15(2)25(14)12-18-5-4-10-33-18)20(28)13-26-21(29)23(3,24-22(26)30)16-6-8-17(9-7-16)27(31)32/h6-9,11,18H,4-5,10,12-13H2,1-3H3,(H,24,30). The van der Waals surface area contributed by atoms with Crippen molar-refractivity contribution < 1.29 is 24.0 Å². The summed E-state index contributed by atoms with van der Waals surface area (Å²) in [4.78, 5) is 50.1. The van der Waals surface area contributed by atoms with Crippen LogP contribution in [0.2, 0.25) is 0 Å². The summed E-state index contributed by atoms with van der Waals surface area (Å²) in [6.45, 7) is 6.30. The highest BCUT2D eigenvalue weighted by Gasteiger charge is 2.49. The first-order valence-electron chi connectivity index (χ1n) is 10.8. The second-order valence-electron chi connectivity index (χ2n) is 8.70. The topological polar surface area (TPSA) is 124 Å². The molecule has 1 aromatic heterocycles. The number of hydrogen-bond donors (Lipinski definition) is 1. The Morgan fingerprint density at radius 1 is 1.27 bits per heavy atom. The minimum Gasteiger partial charge on any atom is -0.376 e. The minimum absolute atomic E-state index is 0.117. The summed E-state index contributed by atoms with van der Waals surface area (Å²) in [7, 11) is 0. The number of carbonyl (C=O) groups is 3. The van der Waals surface area contributed by atoms with Gasteiger partial charge in [0.2, 0.25) is 0 Å². The van der Waals surface area contributed by atoms with Gasteiger partial charge in [-0.15, -0.1) is 0 Å². The number of ether oxygens (including phenoxy) is 1. The molecule has 2 fully saturated rings. The second kappa shape index (κ2) is 8.43. The van der Waals surface area contributed by atoms with Gasteiger partial charge < -0.3 is 14.6 Å². The van der Waals surface area contributed by atoms with E-state index in [0.717, 1.165) is 35.7 Å². The van der Waals surface area contributed by atoms with Crippen LogP contribution in [0.25, 0.3) is 0 Å². The fraction of sp³-hybridized carbons (Fsp3) is 0.435. The molecule has 2 aliphatic heterocycles. The Bertz CT molecular complexity index is 1130. The van der Waals surface area contributed by atoms with Crippen LogP contribution < -0.4 is 5.32 Å². The molecule has 0 saturated carbocycles. The first kappa shape index (κ1) is 22.7. The van der Waals surface area contributed by atoms with Gasteiger partial charge in [0, 0.05) is 42.2 Å². The summed E-state index contributed by atoms with van der Waals surface area (Å²) in [5, 5.41) is 13.5. The van der Waals surface area contributed by atoms with Crippen LogP contribution in [-0.4, -0.2) is 51.4 Å². The van der Waals surface area contributed by atoms with Crippen molar-refractivity contribution >= 4 is 23.4 Å². The Hall–Kier alpha value is -3.53. The number of ketones is 1. The van der Waals surface area contributed by atoms with Crippen molar-refractivity contribution in [2.45, 2.75) is 51.8 Å². The lowest BCUT2D eigenvalue weighted by atomic mass is 9.92. The Balaban J connectivity index is 1.52. The molecular formula is C23H26N4O6. The van der Waals surface area contributed by atoms with Crippen LogP contribution in [0, 0.1) is 24.0 Å². The zero-order chi connectivity index (χ0) is 23.9. The Labute approximate surface area is 190 Å². The predicted molar refractivity (Wildman–Crippen MR) is 118 cm³/mol. The molecule has 33 heavy (non-hydrogen) atoms. The molecule has 2 saturated heterocycles. The van der Waals surface area contributed by atoms with E-state index in [9.17, 15) is 24.5 Å². The molecule has 2 aromatic rings. The summed E-state index contributed by atoms with van der Waals surface area (Å²) in [6.07, 6.45) is 2.12. The molecule has 0 spiro atoms. The Morgan fingerprint density at radius 2 is 1.97 bits per heavy atom. The smallest absolute Gasteiger partial charge is 0.325 e. The van der Waals surface area contributed by atoms with Crippen LogP contribution in [0.4, 0.5) is 10.5 Å². The first-order chi connectivity index (χ1) is 15.6. The number of nitrogens with zero attached hydrogens (tertiary/aromatic N) is 3.